The van der Waals surface area contributed by atoms with Crippen LogP contribution in [0.2, 0.25) is 0 Å². The molecule has 0 amide bonds. The van der Waals surface area contributed by atoms with Crippen molar-refractivity contribution in [1.29, 1.82) is 5.26 Å². The lowest BCUT2D eigenvalue weighted by molar-refractivity contribution is -0.387. The van der Waals surface area contributed by atoms with Crippen LogP contribution < -0.4 is 4.74 Å². The van der Waals surface area contributed by atoms with Gasteiger partial charge < -0.3 is 9.84 Å². The maximum Gasteiger partial charge on any atom is 0.305 e. The van der Waals surface area contributed by atoms with Gasteiger partial charge in [-0.25, -0.2) is 0 Å². The highest BCUT2D eigenvalue weighted by molar-refractivity contribution is 5.48. The van der Waals surface area contributed by atoms with Crippen LogP contribution in [0.4, 0.5) is 10.1 Å². The van der Waals surface area contributed by atoms with Crippen LogP contribution in [0.15, 0.2) is 36.4 Å². The van der Waals surface area contributed by atoms with Gasteiger partial charge in [0.25, 0.3) is 0 Å². The van der Waals surface area contributed by atoms with E-state index in [4.69, 9.17) is 15.1 Å². The van der Waals surface area contributed by atoms with Crippen molar-refractivity contribution in [2.24, 2.45) is 0 Å². The molecule has 0 saturated carbocycles. The van der Waals surface area contributed by atoms with Gasteiger partial charge in [0, 0.05) is 12.1 Å². The Morgan fingerprint density at radius 1 is 1.33 bits per heavy atom. The van der Waals surface area contributed by atoms with Gasteiger partial charge in [0.05, 0.1) is 17.1 Å². The Labute approximate surface area is 118 Å². The molecular weight excluding hydrogens is 279 g/mol. The average Bonchev–Trinajstić information content (AvgIpc) is 2.47. The summed E-state index contributed by atoms with van der Waals surface area (Å²) < 4.78 is 18.8. The number of rotatable bonds is 4. The number of aliphatic hydroxyl groups excluding tert-OH is 1. The van der Waals surface area contributed by atoms with Gasteiger partial charge in [0.1, 0.15) is 17.6 Å². The van der Waals surface area contributed by atoms with Crippen molar-refractivity contribution < 1.29 is 19.2 Å². The standard InChI is InChI=1S/C14H9FN2O4/c15-12-6-11(2-3-13(12)17(19)20)21-14-4-1-9(8-18)5-10(14)7-16/h1-6,18H,8H2. The molecular formula is C14H9FN2O4. The summed E-state index contributed by atoms with van der Waals surface area (Å²) in [5.74, 6) is -0.822. The molecule has 106 valence electrons. The number of nitriles is 1. The minimum atomic E-state index is -1.03. The summed E-state index contributed by atoms with van der Waals surface area (Å²) in [5.41, 5.74) is 0.0487. The van der Waals surface area contributed by atoms with Gasteiger partial charge in [-0.1, -0.05) is 6.07 Å². The molecule has 0 bridgehead atoms. The normalized spacial score (nSPS) is 9.95. The van der Waals surface area contributed by atoms with E-state index in [1.165, 1.54) is 18.2 Å². The summed E-state index contributed by atoms with van der Waals surface area (Å²) in [4.78, 5) is 9.68. The lowest BCUT2D eigenvalue weighted by Gasteiger charge is -2.08. The fraction of sp³-hybridized carbons (Fsp3) is 0.0714. The molecule has 2 aromatic rings. The van der Waals surface area contributed by atoms with Crippen LogP contribution in [-0.2, 0) is 6.61 Å². The molecule has 21 heavy (non-hydrogen) atoms. The second-order valence-corrected chi connectivity index (χ2v) is 4.07. The van der Waals surface area contributed by atoms with Crippen molar-refractivity contribution in [1.82, 2.24) is 0 Å². The van der Waals surface area contributed by atoms with Gasteiger partial charge in [0.2, 0.25) is 5.82 Å². The van der Waals surface area contributed by atoms with Crippen LogP contribution >= 0.6 is 0 Å². The number of hydrogen-bond donors (Lipinski definition) is 1. The lowest BCUT2D eigenvalue weighted by atomic mass is 10.1. The molecule has 0 aromatic heterocycles. The molecule has 7 heteroatoms. The molecule has 6 nitrogen and oxygen atoms in total. The first-order valence-corrected chi connectivity index (χ1v) is 5.81. The van der Waals surface area contributed by atoms with Crippen LogP contribution in [0.5, 0.6) is 11.5 Å². The van der Waals surface area contributed by atoms with Crippen molar-refractivity contribution in [2.75, 3.05) is 0 Å². The summed E-state index contributed by atoms with van der Waals surface area (Å²) >= 11 is 0. The van der Waals surface area contributed by atoms with E-state index >= 15 is 0 Å². The molecule has 2 rings (SSSR count). The Morgan fingerprint density at radius 2 is 2.10 bits per heavy atom. The van der Waals surface area contributed by atoms with E-state index in [-0.39, 0.29) is 23.7 Å². The zero-order valence-electron chi connectivity index (χ0n) is 10.6. The predicted octanol–water partition coefficient (Wildman–Crippen LogP) is 2.89. The molecule has 0 atom stereocenters. The molecule has 0 aliphatic carbocycles. The second-order valence-electron chi connectivity index (χ2n) is 4.07. The molecule has 0 unspecified atom stereocenters. The molecule has 0 spiro atoms. The highest BCUT2D eigenvalue weighted by Gasteiger charge is 2.15. The van der Waals surface area contributed by atoms with E-state index < -0.39 is 16.4 Å². The molecule has 0 aliphatic heterocycles. The monoisotopic (exact) mass is 288 g/mol. The Morgan fingerprint density at radius 3 is 2.67 bits per heavy atom. The van der Waals surface area contributed by atoms with Gasteiger partial charge in [-0.3, -0.25) is 10.1 Å². The van der Waals surface area contributed by atoms with E-state index in [1.54, 1.807) is 6.07 Å². The summed E-state index contributed by atoms with van der Waals surface area (Å²) in [5, 5.41) is 28.5. The van der Waals surface area contributed by atoms with E-state index in [0.29, 0.717) is 5.56 Å². The summed E-state index contributed by atoms with van der Waals surface area (Å²) in [6, 6.07) is 9.45. The predicted molar refractivity (Wildman–Crippen MR) is 70.2 cm³/mol. The number of hydrogen-bond acceptors (Lipinski definition) is 5. The molecule has 2 aromatic carbocycles. The third kappa shape index (κ3) is 3.13. The first-order chi connectivity index (χ1) is 10.0. The minimum absolute atomic E-state index is 0.0337. The Kier molecular flexibility index (Phi) is 4.11. The SMILES string of the molecule is N#Cc1cc(CO)ccc1Oc1ccc([N+](=O)[O-])c(F)c1. The van der Waals surface area contributed by atoms with E-state index in [0.717, 1.165) is 12.1 Å². The molecule has 0 aliphatic rings. The largest absolute Gasteiger partial charge is 0.456 e. The number of nitro benzene ring substituents is 1. The average molecular weight is 288 g/mol. The van der Waals surface area contributed by atoms with Crippen LogP contribution in [0.3, 0.4) is 0 Å². The van der Waals surface area contributed by atoms with Crippen molar-refractivity contribution in [3.8, 4) is 17.6 Å². The second kappa shape index (κ2) is 5.98. The van der Waals surface area contributed by atoms with Gasteiger partial charge in [-0.15, -0.1) is 0 Å². The van der Waals surface area contributed by atoms with E-state index in [2.05, 4.69) is 0 Å². The third-order valence-corrected chi connectivity index (χ3v) is 2.69. The fourth-order valence-electron chi connectivity index (χ4n) is 1.68. The van der Waals surface area contributed by atoms with Crippen LogP contribution in [0, 0.1) is 27.3 Å². The van der Waals surface area contributed by atoms with Crippen LogP contribution in [0.25, 0.3) is 0 Å². The number of nitro groups is 1. The van der Waals surface area contributed by atoms with Gasteiger partial charge in [-0.2, -0.15) is 9.65 Å². The topological polar surface area (TPSA) is 96.4 Å². The number of nitrogens with zero attached hydrogens (tertiary/aromatic N) is 2. The van der Waals surface area contributed by atoms with E-state index in [1.807, 2.05) is 6.07 Å². The molecule has 0 fully saturated rings. The summed E-state index contributed by atoms with van der Waals surface area (Å²) in [6.07, 6.45) is 0. The maximum absolute atomic E-state index is 13.5. The van der Waals surface area contributed by atoms with E-state index in [9.17, 15) is 14.5 Å². The fourth-order valence-corrected chi connectivity index (χ4v) is 1.68. The molecule has 1 N–H and O–H groups in total. The minimum Gasteiger partial charge on any atom is -0.456 e. The lowest BCUT2D eigenvalue weighted by Crippen LogP contribution is -1.95. The van der Waals surface area contributed by atoms with Crippen molar-refractivity contribution in [2.45, 2.75) is 6.61 Å². The molecule has 0 saturated heterocycles. The van der Waals surface area contributed by atoms with Crippen molar-refractivity contribution in [3.63, 3.8) is 0 Å². The molecule has 0 heterocycles. The number of ether oxygens (including phenoxy) is 1. The highest BCUT2D eigenvalue weighted by atomic mass is 19.1. The quantitative estimate of drug-likeness (QED) is 0.689. The number of halogens is 1. The maximum atomic E-state index is 13.5. The summed E-state index contributed by atoms with van der Waals surface area (Å²) in [6.45, 7) is -0.221. The smallest absolute Gasteiger partial charge is 0.305 e. The Hall–Kier alpha value is -2.98. The zero-order chi connectivity index (χ0) is 15.4. The zero-order valence-corrected chi connectivity index (χ0v) is 10.6. The Bertz CT molecular complexity index is 740. The van der Waals surface area contributed by atoms with Gasteiger partial charge in [-0.05, 0) is 23.8 Å². The molecule has 0 radical (unpaired) electrons. The van der Waals surface area contributed by atoms with Crippen molar-refractivity contribution >= 4 is 5.69 Å². The summed E-state index contributed by atoms with van der Waals surface area (Å²) in [7, 11) is 0. The highest BCUT2D eigenvalue weighted by Crippen LogP contribution is 2.29. The van der Waals surface area contributed by atoms with Gasteiger partial charge in [0.15, 0.2) is 0 Å². The number of benzene rings is 2. The Balaban J connectivity index is 2.32. The number of aliphatic hydroxyl groups is 1. The van der Waals surface area contributed by atoms with Gasteiger partial charge >= 0.3 is 5.69 Å². The van der Waals surface area contributed by atoms with Crippen LogP contribution in [-0.4, -0.2) is 10.0 Å². The first-order valence-electron chi connectivity index (χ1n) is 5.81. The first kappa shape index (κ1) is 14.4. The van der Waals surface area contributed by atoms with Crippen LogP contribution in [0.1, 0.15) is 11.1 Å². The van der Waals surface area contributed by atoms with Crippen molar-refractivity contribution in [3.05, 3.63) is 63.5 Å². The third-order valence-electron chi connectivity index (χ3n) is 2.69.